The summed E-state index contributed by atoms with van der Waals surface area (Å²) in [5.74, 6) is 0.687. The average molecular weight is 248 g/mol. The molecule has 2 unspecified atom stereocenters. The van der Waals surface area contributed by atoms with Crippen molar-refractivity contribution in [3.05, 3.63) is 23.9 Å². The Bertz CT molecular complexity index is 421. The van der Waals surface area contributed by atoms with Crippen molar-refractivity contribution in [1.29, 1.82) is 0 Å². The first-order valence-corrected chi connectivity index (χ1v) is 6.44. The van der Waals surface area contributed by atoms with Crippen LogP contribution in [0.3, 0.4) is 0 Å². The molecule has 1 heterocycles. The SMILES string of the molecule is NCC1CCCCC1Nc1cccc(C(N)=O)n1. The standard InChI is InChI=1S/C13H20N4O/c14-8-9-4-1-2-5-10(9)16-12-7-3-6-11(17-12)13(15)18/h3,6-7,9-10H,1-2,4-5,8,14H2,(H2,15,18)(H,16,17). The van der Waals surface area contributed by atoms with Crippen LogP contribution in [0.15, 0.2) is 18.2 Å². The minimum absolute atomic E-state index is 0.292. The van der Waals surface area contributed by atoms with Crippen LogP contribution in [-0.4, -0.2) is 23.5 Å². The third kappa shape index (κ3) is 2.98. The lowest BCUT2D eigenvalue weighted by Gasteiger charge is -2.31. The van der Waals surface area contributed by atoms with Crippen LogP contribution in [-0.2, 0) is 0 Å². The van der Waals surface area contributed by atoms with Gasteiger partial charge in [0.25, 0.3) is 5.91 Å². The van der Waals surface area contributed by atoms with E-state index in [0.717, 1.165) is 12.8 Å². The third-order valence-corrected chi connectivity index (χ3v) is 3.55. The van der Waals surface area contributed by atoms with E-state index in [1.165, 1.54) is 12.8 Å². The summed E-state index contributed by atoms with van der Waals surface area (Å²) in [6.07, 6.45) is 4.71. The summed E-state index contributed by atoms with van der Waals surface area (Å²) in [6.45, 7) is 0.688. The minimum Gasteiger partial charge on any atom is -0.367 e. The second kappa shape index (κ2) is 5.82. The van der Waals surface area contributed by atoms with Crippen LogP contribution < -0.4 is 16.8 Å². The summed E-state index contributed by atoms with van der Waals surface area (Å²) in [7, 11) is 0. The zero-order valence-electron chi connectivity index (χ0n) is 10.4. The van der Waals surface area contributed by atoms with Crippen molar-refractivity contribution in [3.63, 3.8) is 0 Å². The van der Waals surface area contributed by atoms with E-state index in [1.807, 2.05) is 6.07 Å². The Hall–Kier alpha value is -1.62. The Labute approximate surface area is 107 Å². The molecule has 5 nitrogen and oxygen atoms in total. The molecule has 18 heavy (non-hydrogen) atoms. The molecule has 0 aromatic carbocycles. The van der Waals surface area contributed by atoms with Crippen molar-refractivity contribution in [2.24, 2.45) is 17.4 Å². The van der Waals surface area contributed by atoms with Crippen LogP contribution in [0.25, 0.3) is 0 Å². The molecule has 1 amide bonds. The molecule has 1 fully saturated rings. The van der Waals surface area contributed by atoms with Gasteiger partial charge in [0.2, 0.25) is 0 Å². The first-order valence-electron chi connectivity index (χ1n) is 6.44. The number of nitrogens with one attached hydrogen (secondary N) is 1. The minimum atomic E-state index is -0.502. The third-order valence-electron chi connectivity index (χ3n) is 3.55. The first-order chi connectivity index (χ1) is 8.70. The van der Waals surface area contributed by atoms with Crippen molar-refractivity contribution in [2.75, 3.05) is 11.9 Å². The number of nitrogens with two attached hydrogens (primary N) is 2. The van der Waals surface area contributed by atoms with Crippen molar-refractivity contribution in [2.45, 2.75) is 31.7 Å². The van der Waals surface area contributed by atoms with Gasteiger partial charge in [-0.3, -0.25) is 4.79 Å². The van der Waals surface area contributed by atoms with E-state index in [2.05, 4.69) is 10.3 Å². The first kappa shape index (κ1) is 12.8. The maximum Gasteiger partial charge on any atom is 0.267 e. The molecule has 0 bridgehead atoms. The summed E-state index contributed by atoms with van der Waals surface area (Å²) >= 11 is 0. The molecule has 0 radical (unpaired) electrons. The number of amides is 1. The molecule has 5 N–H and O–H groups in total. The van der Waals surface area contributed by atoms with E-state index in [9.17, 15) is 4.79 Å². The monoisotopic (exact) mass is 248 g/mol. The number of carbonyl (C=O) groups excluding carboxylic acids is 1. The molecule has 0 saturated heterocycles. The van der Waals surface area contributed by atoms with Gasteiger partial charge in [-0.25, -0.2) is 4.98 Å². The Kier molecular flexibility index (Phi) is 4.15. The summed E-state index contributed by atoms with van der Waals surface area (Å²) < 4.78 is 0. The van der Waals surface area contributed by atoms with Crippen LogP contribution >= 0.6 is 0 Å². The van der Waals surface area contributed by atoms with Crippen LogP contribution in [0.4, 0.5) is 5.82 Å². The van der Waals surface area contributed by atoms with Crippen molar-refractivity contribution >= 4 is 11.7 Å². The van der Waals surface area contributed by atoms with E-state index in [1.54, 1.807) is 12.1 Å². The highest BCUT2D eigenvalue weighted by atomic mass is 16.1. The van der Waals surface area contributed by atoms with Crippen molar-refractivity contribution in [1.82, 2.24) is 4.98 Å². The van der Waals surface area contributed by atoms with Gasteiger partial charge in [0, 0.05) is 6.04 Å². The summed E-state index contributed by atoms with van der Waals surface area (Å²) in [6, 6.07) is 5.61. The molecule has 1 aromatic heterocycles. The molecule has 0 aliphatic heterocycles. The molecular weight excluding hydrogens is 228 g/mol. The Morgan fingerprint density at radius 1 is 1.39 bits per heavy atom. The Morgan fingerprint density at radius 2 is 2.17 bits per heavy atom. The summed E-state index contributed by atoms with van der Waals surface area (Å²) in [5.41, 5.74) is 11.3. The van der Waals surface area contributed by atoms with Crippen molar-refractivity contribution in [3.8, 4) is 0 Å². The van der Waals surface area contributed by atoms with E-state index in [0.29, 0.717) is 30.0 Å². The molecule has 1 saturated carbocycles. The molecule has 2 atom stereocenters. The van der Waals surface area contributed by atoms with Gasteiger partial charge in [-0.05, 0) is 37.4 Å². The zero-order chi connectivity index (χ0) is 13.0. The predicted octanol–water partition coefficient (Wildman–Crippen LogP) is 1.11. The molecule has 1 aliphatic carbocycles. The van der Waals surface area contributed by atoms with Crippen LogP contribution in [0.5, 0.6) is 0 Å². The molecule has 2 rings (SSSR count). The van der Waals surface area contributed by atoms with E-state index in [-0.39, 0.29) is 0 Å². The van der Waals surface area contributed by atoms with Gasteiger partial charge < -0.3 is 16.8 Å². The van der Waals surface area contributed by atoms with Gasteiger partial charge in [0.05, 0.1) is 0 Å². The largest absolute Gasteiger partial charge is 0.367 e. The number of anilines is 1. The maximum atomic E-state index is 11.1. The molecule has 1 aromatic rings. The zero-order valence-corrected chi connectivity index (χ0v) is 10.4. The predicted molar refractivity (Wildman–Crippen MR) is 71.2 cm³/mol. The molecule has 0 spiro atoms. The molecular formula is C13H20N4O. The lowest BCUT2D eigenvalue weighted by molar-refractivity contribution is 0.0995. The smallest absolute Gasteiger partial charge is 0.267 e. The summed E-state index contributed by atoms with van der Waals surface area (Å²) in [5, 5.41) is 3.38. The number of nitrogens with zero attached hydrogens (tertiary/aromatic N) is 1. The number of pyridine rings is 1. The number of aromatic nitrogens is 1. The lowest BCUT2D eigenvalue weighted by Crippen LogP contribution is -2.37. The van der Waals surface area contributed by atoms with Gasteiger partial charge >= 0.3 is 0 Å². The van der Waals surface area contributed by atoms with E-state index in [4.69, 9.17) is 11.5 Å². The second-order valence-corrected chi connectivity index (χ2v) is 4.80. The number of rotatable bonds is 4. The molecule has 5 heteroatoms. The van der Waals surface area contributed by atoms with E-state index >= 15 is 0 Å². The van der Waals surface area contributed by atoms with Crippen molar-refractivity contribution < 1.29 is 4.79 Å². The number of carbonyl (C=O) groups is 1. The Morgan fingerprint density at radius 3 is 2.89 bits per heavy atom. The second-order valence-electron chi connectivity index (χ2n) is 4.80. The Balaban J connectivity index is 2.07. The fourth-order valence-electron chi connectivity index (χ4n) is 2.52. The quantitative estimate of drug-likeness (QED) is 0.744. The van der Waals surface area contributed by atoms with Crippen LogP contribution in [0.2, 0.25) is 0 Å². The number of primary amides is 1. The number of hydrogen-bond donors (Lipinski definition) is 3. The fourth-order valence-corrected chi connectivity index (χ4v) is 2.52. The molecule has 1 aliphatic rings. The van der Waals surface area contributed by atoms with Gasteiger partial charge in [-0.2, -0.15) is 0 Å². The molecule has 98 valence electrons. The van der Waals surface area contributed by atoms with Gasteiger partial charge in [-0.15, -0.1) is 0 Å². The highest BCUT2D eigenvalue weighted by molar-refractivity contribution is 5.91. The fraction of sp³-hybridized carbons (Fsp3) is 0.538. The van der Waals surface area contributed by atoms with Gasteiger partial charge in [0.15, 0.2) is 0 Å². The van der Waals surface area contributed by atoms with Gasteiger partial charge in [0.1, 0.15) is 11.5 Å². The highest BCUT2D eigenvalue weighted by Gasteiger charge is 2.24. The average Bonchev–Trinajstić information content (AvgIpc) is 2.39. The maximum absolute atomic E-state index is 11.1. The van der Waals surface area contributed by atoms with Crippen LogP contribution in [0.1, 0.15) is 36.2 Å². The van der Waals surface area contributed by atoms with E-state index < -0.39 is 5.91 Å². The normalized spacial score (nSPS) is 23.6. The lowest BCUT2D eigenvalue weighted by atomic mass is 9.84. The van der Waals surface area contributed by atoms with Gasteiger partial charge in [-0.1, -0.05) is 18.9 Å². The topological polar surface area (TPSA) is 94.0 Å². The number of hydrogen-bond acceptors (Lipinski definition) is 4. The highest BCUT2D eigenvalue weighted by Crippen LogP contribution is 2.26. The summed E-state index contributed by atoms with van der Waals surface area (Å²) in [4.78, 5) is 15.3. The van der Waals surface area contributed by atoms with Crippen LogP contribution in [0, 0.1) is 5.92 Å².